The number of hydrogen-bond donors (Lipinski definition) is 0. The second-order valence-electron chi connectivity index (χ2n) is 5.53. The molecule has 0 fully saturated rings. The van der Waals surface area contributed by atoms with Crippen LogP contribution in [0.5, 0.6) is 0 Å². The first-order chi connectivity index (χ1) is 11.6. The molecule has 120 valence electrons. The summed E-state index contributed by atoms with van der Waals surface area (Å²) >= 11 is 19.8. The van der Waals surface area contributed by atoms with E-state index in [-0.39, 0.29) is 0 Å². The number of fused-ring (bicyclic) bond motifs is 1. The maximum Gasteiger partial charge on any atom is 0.0934 e. The molecule has 2 heterocycles. The summed E-state index contributed by atoms with van der Waals surface area (Å²) in [6.45, 7) is 0.745. The van der Waals surface area contributed by atoms with Gasteiger partial charge in [-0.3, -0.25) is 0 Å². The number of nitrogens with zero attached hydrogens (tertiary/aromatic N) is 1. The zero-order chi connectivity index (χ0) is 16.7. The fourth-order valence-corrected chi connectivity index (χ4v) is 4.27. The van der Waals surface area contributed by atoms with Crippen LogP contribution in [0.3, 0.4) is 0 Å². The van der Waals surface area contributed by atoms with E-state index in [1.54, 1.807) is 11.3 Å². The van der Waals surface area contributed by atoms with E-state index >= 15 is 0 Å². The van der Waals surface area contributed by atoms with Gasteiger partial charge < -0.3 is 4.57 Å². The predicted molar refractivity (Wildman–Crippen MR) is 106 cm³/mol. The maximum absolute atomic E-state index is 6.13. The number of thiophene rings is 1. The van der Waals surface area contributed by atoms with Crippen molar-refractivity contribution < 1.29 is 0 Å². The molecule has 24 heavy (non-hydrogen) atoms. The molecule has 0 N–H and O–H groups in total. The molecule has 2 aromatic heterocycles. The zero-order valence-corrected chi connectivity index (χ0v) is 15.6. The standard InChI is InChI=1S/C19H12Cl3NS/c20-15-5-4-12(10-16(15)21)11-23-9-8-13-14(2-1-3-17(13)23)18-6-7-19(22)24-18/h1-10H,11H2. The molecule has 0 atom stereocenters. The van der Waals surface area contributed by atoms with Crippen LogP contribution in [0.25, 0.3) is 21.3 Å². The highest BCUT2D eigenvalue weighted by atomic mass is 35.5. The molecule has 0 saturated heterocycles. The fraction of sp³-hybridized carbons (Fsp3) is 0.0526. The Morgan fingerprint density at radius 3 is 2.50 bits per heavy atom. The Labute approximate surface area is 159 Å². The van der Waals surface area contributed by atoms with Gasteiger partial charge in [-0.2, -0.15) is 0 Å². The second-order valence-corrected chi connectivity index (χ2v) is 8.06. The molecule has 0 saturated carbocycles. The Morgan fingerprint density at radius 1 is 0.875 bits per heavy atom. The van der Waals surface area contributed by atoms with Crippen LogP contribution >= 0.6 is 46.1 Å². The zero-order valence-electron chi connectivity index (χ0n) is 12.5. The van der Waals surface area contributed by atoms with Crippen LogP contribution in [0.2, 0.25) is 14.4 Å². The van der Waals surface area contributed by atoms with Gasteiger partial charge in [0.05, 0.1) is 14.4 Å². The van der Waals surface area contributed by atoms with Crippen LogP contribution in [0.15, 0.2) is 60.8 Å². The molecule has 4 rings (SSSR count). The third-order valence-corrected chi connectivity index (χ3v) is 5.99. The van der Waals surface area contributed by atoms with Gasteiger partial charge in [-0.25, -0.2) is 0 Å². The summed E-state index contributed by atoms with van der Waals surface area (Å²) in [5.74, 6) is 0. The van der Waals surface area contributed by atoms with Crippen LogP contribution in [0.1, 0.15) is 5.56 Å². The molecular weight excluding hydrogens is 381 g/mol. The number of rotatable bonds is 3. The van der Waals surface area contributed by atoms with Gasteiger partial charge in [-0.15, -0.1) is 11.3 Å². The van der Waals surface area contributed by atoms with Gasteiger partial charge in [0.2, 0.25) is 0 Å². The lowest BCUT2D eigenvalue weighted by molar-refractivity contribution is 0.837. The average Bonchev–Trinajstić information content (AvgIpc) is 3.18. The first-order valence-electron chi connectivity index (χ1n) is 7.39. The lowest BCUT2D eigenvalue weighted by atomic mass is 10.1. The SMILES string of the molecule is Clc1ccc(-c2cccc3c2ccn3Cc2ccc(Cl)c(Cl)c2)s1. The third-order valence-electron chi connectivity index (χ3n) is 3.99. The number of halogens is 3. The van der Waals surface area contributed by atoms with E-state index < -0.39 is 0 Å². The summed E-state index contributed by atoms with van der Waals surface area (Å²) in [6, 6.07) is 18.3. The van der Waals surface area contributed by atoms with Crippen molar-refractivity contribution in [1.29, 1.82) is 0 Å². The van der Waals surface area contributed by atoms with E-state index in [0.717, 1.165) is 16.4 Å². The lowest BCUT2D eigenvalue weighted by Gasteiger charge is -2.08. The molecule has 0 aliphatic carbocycles. The normalized spacial score (nSPS) is 11.3. The van der Waals surface area contributed by atoms with Crippen molar-refractivity contribution in [2.24, 2.45) is 0 Å². The van der Waals surface area contributed by atoms with Crippen LogP contribution in [0, 0.1) is 0 Å². The topological polar surface area (TPSA) is 4.93 Å². The molecule has 4 aromatic rings. The van der Waals surface area contributed by atoms with E-state index in [0.29, 0.717) is 10.0 Å². The molecule has 0 amide bonds. The monoisotopic (exact) mass is 391 g/mol. The third kappa shape index (κ3) is 2.96. The largest absolute Gasteiger partial charge is 0.343 e. The van der Waals surface area contributed by atoms with E-state index in [4.69, 9.17) is 34.8 Å². The molecule has 0 unspecified atom stereocenters. The number of aromatic nitrogens is 1. The van der Waals surface area contributed by atoms with Crippen molar-refractivity contribution in [2.75, 3.05) is 0 Å². The second kappa shape index (κ2) is 6.45. The Balaban J connectivity index is 1.76. The quantitative estimate of drug-likeness (QED) is 0.343. The molecule has 0 bridgehead atoms. The summed E-state index contributed by atoms with van der Waals surface area (Å²) in [6.07, 6.45) is 2.10. The minimum atomic E-state index is 0.578. The van der Waals surface area contributed by atoms with Crippen molar-refractivity contribution in [1.82, 2.24) is 4.57 Å². The van der Waals surface area contributed by atoms with E-state index in [2.05, 4.69) is 41.1 Å². The molecule has 1 nitrogen and oxygen atoms in total. The van der Waals surface area contributed by atoms with Crippen molar-refractivity contribution in [3.05, 3.63) is 80.7 Å². The summed E-state index contributed by atoms with van der Waals surface area (Å²) in [5.41, 5.74) is 3.51. The van der Waals surface area contributed by atoms with E-state index in [9.17, 15) is 0 Å². The molecule has 2 aromatic carbocycles. The Hall–Kier alpha value is -1.45. The minimum absolute atomic E-state index is 0.578. The van der Waals surface area contributed by atoms with Crippen LogP contribution in [-0.2, 0) is 6.54 Å². The van der Waals surface area contributed by atoms with Gasteiger partial charge in [0, 0.05) is 34.1 Å². The maximum atomic E-state index is 6.13. The first-order valence-corrected chi connectivity index (χ1v) is 9.34. The van der Waals surface area contributed by atoms with Crippen molar-refractivity contribution in [3.63, 3.8) is 0 Å². The van der Waals surface area contributed by atoms with Crippen molar-refractivity contribution >= 4 is 57.0 Å². The van der Waals surface area contributed by atoms with Crippen LogP contribution in [-0.4, -0.2) is 4.57 Å². The Kier molecular flexibility index (Phi) is 4.31. The summed E-state index contributed by atoms with van der Waals surface area (Å²) in [4.78, 5) is 1.18. The Morgan fingerprint density at radius 2 is 1.75 bits per heavy atom. The molecular formula is C19H12Cl3NS. The molecule has 0 aliphatic heterocycles. The average molecular weight is 393 g/mol. The number of hydrogen-bond acceptors (Lipinski definition) is 1. The van der Waals surface area contributed by atoms with E-state index in [1.165, 1.54) is 21.3 Å². The van der Waals surface area contributed by atoms with Crippen LogP contribution < -0.4 is 0 Å². The smallest absolute Gasteiger partial charge is 0.0934 e. The van der Waals surface area contributed by atoms with Crippen LogP contribution in [0.4, 0.5) is 0 Å². The highest BCUT2D eigenvalue weighted by Gasteiger charge is 2.10. The molecule has 0 radical (unpaired) electrons. The van der Waals surface area contributed by atoms with Gasteiger partial charge in [-0.05, 0) is 42.0 Å². The van der Waals surface area contributed by atoms with Gasteiger partial charge in [0.1, 0.15) is 0 Å². The highest BCUT2D eigenvalue weighted by Crippen LogP contribution is 2.36. The highest BCUT2D eigenvalue weighted by molar-refractivity contribution is 7.19. The van der Waals surface area contributed by atoms with Gasteiger partial charge >= 0.3 is 0 Å². The molecule has 0 spiro atoms. The number of benzene rings is 2. The van der Waals surface area contributed by atoms with Crippen molar-refractivity contribution in [3.8, 4) is 10.4 Å². The lowest BCUT2D eigenvalue weighted by Crippen LogP contribution is -1.97. The van der Waals surface area contributed by atoms with Gasteiger partial charge in [-0.1, -0.05) is 53.0 Å². The molecule has 5 heteroatoms. The summed E-state index contributed by atoms with van der Waals surface area (Å²) in [5, 5.41) is 2.38. The predicted octanol–water partition coefficient (Wildman–Crippen LogP) is 7.38. The van der Waals surface area contributed by atoms with Gasteiger partial charge in [0.15, 0.2) is 0 Å². The molecule has 0 aliphatic rings. The minimum Gasteiger partial charge on any atom is -0.343 e. The summed E-state index contributed by atoms with van der Waals surface area (Å²) in [7, 11) is 0. The fourth-order valence-electron chi connectivity index (χ4n) is 2.87. The first kappa shape index (κ1) is 16.0. The van der Waals surface area contributed by atoms with E-state index in [1.807, 2.05) is 24.3 Å². The van der Waals surface area contributed by atoms with Crippen molar-refractivity contribution in [2.45, 2.75) is 6.54 Å². The van der Waals surface area contributed by atoms with Gasteiger partial charge in [0.25, 0.3) is 0 Å². The summed E-state index contributed by atoms with van der Waals surface area (Å²) < 4.78 is 3.02. The Bertz CT molecular complexity index is 1030.